The van der Waals surface area contributed by atoms with Crippen LogP contribution < -0.4 is 0 Å². The lowest BCUT2D eigenvalue weighted by Crippen LogP contribution is -2.67. The van der Waals surface area contributed by atoms with Crippen molar-refractivity contribution in [3.8, 4) is 0 Å². The number of ether oxygens (including phenoxy) is 15. The van der Waals surface area contributed by atoms with Crippen molar-refractivity contribution < 1.29 is 124 Å². The Morgan fingerprint density at radius 3 is 1.19 bits per heavy atom. The Kier molecular flexibility index (Phi) is 20.3. The van der Waals surface area contributed by atoms with Gasteiger partial charge in [-0.3, -0.25) is 43.2 Å². The number of aliphatic hydroxyl groups is 1. The molecule has 0 aliphatic carbocycles. The molecule has 3 aliphatic rings. The van der Waals surface area contributed by atoms with E-state index in [1.54, 1.807) is 6.07 Å². The quantitative estimate of drug-likeness (QED) is 0.142. The zero-order chi connectivity index (χ0) is 51.3. The summed E-state index contributed by atoms with van der Waals surface area (Å²) < 4.78 is 84.9. The van der Waals surface area contributed by atoms with Crippen molar-refractivity contribution in [2.45, 2.75) is 154 Å². The first kappa shape index (κ1) is 55.3. The summed E-state index contributed by atoms with van der Waals surface area (Å²) in [5, 5.41) is 11.7. The smallest absolute Gasteiger partial charge is 0.338 e. The fourth-order valence-electron chi connectivity index (χ4n) is 7.38. The van der Waals surface area contributed by atoms with Gasteiger partial charge in [-0.1, -0.05) is 18.2 Å². The first-order valence-corrected chi connectivity index (χ1v) is 21.1. The first-order valence-electron chi connectivity index (χ1n) is 21.1. The monoisotopic (exact) mass is 986 g/mol. The highest BCUT2D eigenvalue weighted by atomic mass is 16.8. The summed E-state index contributed by atoms with van der Waals surface area (Å²) in [4.78, 5) is 125. The van der Waals surface area contributed by atoms with Crippen molar-refractivity contribution in [3.05, 3.63) is 35.9 Å². The molecule has 1 N–H and O–H groups in total. The fraction of sp³-hybridized carbons (Fsp3) is 0.628. The Bertz CT molecular complexity index is 2020. The minimum atomic E-state index is -2.23. The molecule has 1 aromatic rings. The van der Waals surface area contributed by atoms with Gasteiger partial charge in [0.25, 0.3) is 0 Å². The van der Waals surface area contributed by atoms with Gasteiger partial charge in [-0.25, -0.2) is 4.79 Å². The van der Waals surface area contributed by atoms with Crippen LogP contribution in [0.15, 0.2) is 30.3 Å². The van der Waals surface area contributed by atoms with Crippen LogP contribution in [0, 0.1) is 0 Å². The number of benzene rings is 1. The highest BCUT2D eigenvalue weighted by Crippen LogP contribution is 2.36. The molecule has 69 heavy (non-hydrogen) atoms. The molecule has 0 unspecified atom stereocenters. The minimum absolute atomic E-state index is 0.0473. The Morgan fingerprint density at radius 1 is 0.406 bits per heavy atom. The standard InChI is InChI=1S/C43H54O26/c1-18(44)55-15-29-32(59-21(4)47)35(61-23(6)49)38(63-25(8)51)42(66-29)57-17-28-31(58-20(3)46)34(37(41(54)65-28)68-40(53)27-13-11-10-12-14-27)69-43-39(64-26(9)52)36(62-24(7)50)33(60-22(5)48)30(67-43)16-56-19(2)45/h10-14,28-39,41-43,54H,15-17H2,1-9H3/t28-,29-,30-,31-,32-,33-,34+,35+,36+,37+,38+,39+,41-,42+,43-/m1/s1. The largest absolute Gasteiger partial charge is 0.463 e. The Morgan fingerprint density at radius 2 is 0.768 bits per heavy atom. The molecule has 4 rings (SSSR count). The predicted molar refractivity (Wildman–Crippen MR) is 217 cm³/mol. The Balaban J connectivity index is 1.85. The number of hydrogen-bond acceptors (Lipinski definition) is 26. The molecule has 15 atom stereocenters. The lowest BCUT2D eigenvalue weighted by atomic mass is 9.95. The summed E-state index contributed by atoms with van der Waals surface area (Å²) in [6.07, 6.45) is -27.1. The predicted octanol–water partition coefficient (Wildman–Crippen LogP) is -0.571. The van der Waals surface area contributed by atoms with Crippen LogP contribution in [0.25, 0.3) is 0 Å². The molecule has 0 aromatic heterocycles. The topological polar surface area (TPSA) is 329 Å². The maximum Gasteiger partial charge on any atom is 0.338 e. The first-order chi connectivity index (χ1) is 32.4. The zero-order valence-corrected chi connectivity index (χ0v) is 38.8. The SMILES string of the molecule is CC(=O)OC[C@H]1O[C@H](OC[C@H]2O[C@@H](O)[C@@H](OC(=O)c3ccccc3)[C@@H](O[C@H]3O[C@H](COC(C)=O)[C@@H](OC(C)=O)[C@H](OC(C)=O)[C@@H]3OC(C)=O)[C@@H]2OC(C)=O)[C@@H](OC(C)=O)[C@@H](OC(C)=O)[C@@H]1OC(C)=O. The number of hydrogen-bond donors (Lipinski definition) is 1. The van der Waals surface area contributed by atoms with E-state index in [1.165, 1.54) is 24.3 Å². The Hall–Kier alpha value is -6.32. The number of rotatable bonds is 18. The summed E-state index contributed by atoms with van der Waals surface area (Å²) >= 11 is 0. The fourth-order valence-corrected chi connectivity index (χ4v) is 7.38. The van der Waals surface area contributed by atoms with Gasteiger partial charge in [-0.2, -0.15) is 0 Å². The molecule has 0 amide bonds. The molecule has 0 radical (unpaired) electrons. The lowest BCUT2D eigenvalue weighted by Gasteiger charge is -2.48. The number of esters is 10. The van der Waals surface area contributed by atoms with Crippen LogP contribution in [0.1, 0.15) is 72.7 Å². The van der Waals surface area contributed by atoms with Crippen molar-refractivity contribution >= 4 is 59.7 Å². The molecule has 0 spiro atoms. The van der Waals surface area contributed by atoms with E-state index < -0.39 is 172 Å². The lowest BCUT2D eigenvalue weighted by molar-refractivity contribution is -0.362. The van der Waals surface area contributed by atoms with E-state index in [4.69, 9.17) is 71.1 Å². The van der Waals surface area contributed by atoms with Crippen LogP contribution in [0.2, 0.25) is 0 Å². The third-order valence-electron chi connectivity index (χ3n) is 9.78. The van der Waals surface area contributed by atoms with E-state index >= 15 is 0 Å². The molecule has 3 fully saturated rings. The van der Waals surface area contributed by atoms with Gasteiger partial charge in [0.15, 0.2) is 67.7 Å². The van der Waals surface area contributed by atoms with Crippen LogP contribution in [-0.2, 0) is 114 Å². The third-order valence-corrected chi connectivity index (χ3v) is 9.78. The van der Waals surface area contributed by atoms with E-state index in [9.17, 15) is 53.1 Å². The van der Waals surface area contributed by atoms with Gasteiger partial charge in [0, 0.05) is 62.3 Å². The van der Waals surface area contributed by atoms with Gasteiger partial charge >= 0.3 is 59.7 Å². The third kappa shape index (κ3) is 16.1. The molecular formula is C43H54O26. The second-order valence-corrected chi connectivity index (χ2v) is 15.4. The van der Waals surface area contributed by atoms with Gasteiger partial charge in [-0.15, -0.1) is 0 Å². The molecule has 1 aromatic carbocycles. The summed E-state index contributed by atoms with van der Waals surface area (Å²) in [5.41, 5.74) is -0.0473. The summed E-state index contributed by atoms with van der Waals surface area (Å²) in [7, 11) is 0. The van der Waals surface area contributed by atoms with E-state index in [1.807, 2.05) is 0 Å². The second-order valence-electron chi connectivity index (χ2n) is 15.4. The molecule has 0 saturated carbocycles. The molecular weight excluding hydrogens is 932 g/mol. The molecule has 3 heterocycles. The van der Waals surface area contributed by atoms with E-state index in [2.05, 4.69) is 0 Å². The van der Waals surface area contributed by atoms with Gasteiger partial charge in [0.05, 0.1) is 12.2 Å². The van der Waals surface area contributed by atoms with Crippen molar-refractivity contribution in [2.75, 3.05) is 19.8 Å². The maximum atomic E-state index is 13.6. The Labute approximate surface area is 393 Å². The molecule has 382 valence electrons. The minimum Gasteiger partial charge on any atom is -0.463 e. The summed E-state index contributed by atoms with van der Waals surface area (Å²) in [6, 6.07) is 7.32. The highest BCUT2D eigenvalue weighted by Gasteiger charge is 2.58. The molecule has 26 nitrogen and oxygen atoms in total. The van der Waals surface area contributed by atoms with E-state index in [-0.39, 0.29) is 5.56 Å². The van der Waals surface area contributed by atoms with Crippen molar-refractivity contribution in [3.63, 3.8) is 0 Å². The number of carbonyl (C=O) groups is 10. The summed E-state index contributed by atoms with van der Waals surface area (Å²) in [6.45, 7) is 6.81. The molecule has 0 bridgehead atoms. The van der Waals surface area contributed by atoms with Crippen molar-refractivity contribution in [1.82, 2.24) is 0 Å². The average Bonchev–Trinajstić information content (AvgIpc) is 3.23. The average molecular weight is 987 g/mol. The maximum absolute atomic E-state index is 13.6. The number of carbonyl (C=O) groups excluding carboxylic acids is 10. The zero-order valence-electron chi connectivity index (χ0n) is 38.8. The van der Waals surface area contributed by atoms with Crippen LogP contribution in [0.3, 0.4) is 0 Å². The van der Waals surface area contributed by atoms with Crippen molar-refractivity contribution in [2.24, 2.45) is 0 Å². The van der Waals surface area contributed by atoms with Gasteiger partial charge in [0.1, 0.15) is 37.6 Å². The van der Waals surface area contributed by atoms with Crippen LogP contribution >= 0.6 is 0 Å². The highest BCUT2D eigenvalue weighted by molar-refractivity contribution is 5.89. The van der Waals surface area contributed by atoms with Gasteiger partial charge in [-0.05, 0) is 12.1 Å². The molecule has 26 heteroatoms. The van der Waals surface area contributed by atoms with Crippen LogP contribution in [0.5, 0.6) is 0 Å². The molecule has 3 aliphatic heterocycles. The summed E-state index contributed by atoms with van der Waals surface area (Å²) in [5.74, 6) is -9.55. The normalized spacial score (nSPS) is 30.7. The van der Waals surface area contributed by atoms with Gasteiger partial charge in [0.2, 0.25) is 0 Å². The van der Waals surface area contributed by atoms with Gasteiger partial charge < -0.3 is 76.2 Å². The van der Waals surface area contributed by atoms with E-state index in [0.717, 1.165) is 62.3 Å². The molecule has 3 saturated heterocycles. The van der Waals surface area contributed by atoms with Crippen molar-refractivity contribution in [1.29, 1.82) is 0 Å². The van der Waals surface area contributed by atoms with Crippen LogP contribution in [0.4, 0.5) is 0 Å². The number of aliphatic hydroxyl groups excluding tert-OH is 1. The van der Waals surface area contributed by atoms with E-state index in [0.29, 0.717) is 0 Å². The second kappa shape index (κ2) is 25.3. The van der Waals surface area contributed by atoms with Crippen LogP contribution in [-0.4, -0.2) is 177 Å².